The Morgan fingerprint density at radius 1 is 1.38 bits per heavy atom. The minimum Gasteiger partial charge on any atom is -0.322 e. The van der Waals surface area contributed by atoms with Crippen molar-refractivity contribution in [1.29, 1.82) is 0 Å². The highest BCUT2D eigenvalue weighted by molar-refractivity contribution is 9.12. The lowest BCUT2D eigenvalue weighted by Gasteiger charge is -2.02. The Morgan fingerprint density at radius 2 is 1.92 bits per heavy atom. The molecule has 0 saturated carbocycles. The van der Waals surface area contributed by atoms with Crippen molar-refractivity contribution in [2.75, 3.05) is 5.32 Å². The Balaban J connectivity index is 2.70. The van der Waals surface area contributed by atoms with E-state index in [0.717, 1.165) is 0 Å². The fraction of sp³-hybridized carbons (Fsp3) is 0. The number of carbonyl (C=O) groups is 1. The minimum absolute atomic E-state index is 0.262. The fourth-order valence-corrected chi connectivity index (χ4v) is 0.957. The minimum atomic E-state index is -0.262. The fourth-order valence-electron chi connectivity index (χ4n) is 0.732. The summed E-state index contributed by atoms with van der Waals surface area (Å²) < 4.78 is 0.294. The Hall–Kier alpha value is -0.800. The molecule has 0 heterocycles. The van der Waals surface area contributed by atoms with Gasteiger partial charge in [0.15, 0.2) is 0 Å². The first kappa shape index (κ1) is 10.3. The van der Waals surface area contributed by atoms with Gasteiger partial charge in [0.2, 0.25) is 0 Å². The molecular formula is C9H7BrClNO. The van der Waals surface area contributed by atoms with Gasteiger partial charge in [-0.15, -0.1) is 0 Å². The van der Waals surface area contributed by atoms with E-state index in [1.165, 1.54) is 0 Å². The average Bonchev–Trinajstić information content (AvgIpc) is 2.08. The van der Waals surface area contributed by atoms with E-state index in [4.69, 9.17) is 11.6 Å². The molecule has 0 saturated heterocycles. The number of carbonyl (C=O) groups excluding carboxylic acids is 1. The van der Waals surface area contributed by atoms with Crippen molar-refractivity contribution in [2.24, 2.45) is 0 Å². The smallest absolute Gasteiger partial charge is 0.262 e. The van der Waals surface area contributed by atoms with Crippen molar-refractivity contribution in [3.63, 3.8) is 0 Å². The summed E-state index contributed by atoms with van der Waals surface area (Å²) in [5.74, 6) is -0.262. The lowest BCUT2D eigenvalue weighted by atomic mass is 10.3. The third kappa shape index (κ3) is 3.20. The molecule has 0 fully saturated rings. The number of hydrogen-bond acceptors (Lipinski definition) is 1. The monoisotopic (exact) mass is 259 g/mol. The van der Waals surface area contributed by atoms with Crippen LogP contribution in [-0.2, 0) is 4.79 Å². The van der Waals surface area contributed by atoms with Crippen molar-refractivity contribution in [3.8, 4) is 0 Å². The molecule has 1 aromatic carbocycles. The van der Waals surface area contributed by atoms with E-state index in [0.29, 0.717) is 15.2 Å². The van der Waals surface area contributed by atoms with Crippen LogP contribution in [0.2, 0.25) is 5.02 Å². The largest absolute Gasteiger partial charge is 0.322 e. The molecular weight excluding hydrogens is 253 g/mol. The van der Waals surface area contributed by atoms with Crippen LogP contribution in [0.5, 0.6) is 0 Å². The van der Waals surface area contributed by atoms with Crippen LogP contribution in [0.3, 0.4) is 0 Å². The number of rotatable bonds is 2. The third-order valence-electron chi connectivity index (χ3n) is 1.35. The van der Waals surface area contributed by atoms with Crippen LogP contribution in [0.15, 0.2) is 35.3 Å². The van der Waals surface area contributed by atoms with Crippen LogP contribution >= 0.6 is 27.5 Å². The van der Waals surface area contributed by atoms with E-state index in [1.807, 2.05) is 0 Å². The molecule has 0 aromatic heterocycles. The summed E-state index contributed by atoms with van der Waals surface area (Å²) in [5, 5.41) is 3.26. The van der Waals surface area contributed by atoms with Gasteiger partial charge in [-0.05, 0) is 40.2 Å². The van der Waals surface area contributed by atoms with Gasteiger partial charge in [-0.3, -0.25) is 4.79 Å². The van der Waals surface area contributed by atoms with Crippen molar-refractivity contribution in [3.05, 3.63) is 40.3 Å². The van der Waals surface area contributed by atoms with Crippen LogP contribution in [0.1, 0.15) is 0 Å². The number of nitrogens with one attached hydrogen (secondary N) is 1. The molecule has 0 aliphatic carbocycles. The molecule has 1 aromatic rings. The standard InChI is InChI=1S/C9H7BrClNO/c1-6(10)9(13)12-8-4-2-7(11)3-5-8/h2-5H,1H2,(H,12,13). The van der Waals surface area contributed by atoms with Gasteiger partial charge in [-0.1, -0.05) is 18.2 Å². The predicted octanol–water partition coefficient (Wildman–Crippen LogP) is 3.19. The van der Waals surface area contributed by atoms with Gasteiger partial charge in [0.05, 0.1) is 4.48 Å². The van der Waals surface area contributed by atoms with Crippen LogP contribution in [-0.4, -0.2) is 5.91 Å². The predicted molar refractivity (Wildman–Crippen MR) is 58.1 cm³/mol. The first-order chi connectivity index (χ1) is 6.09. The van der Waals surface area contributed by atoms with Crippen LogP contribution < -0.4 is 5.32 Å². The van der Waals surface area contributed by atoms with Gasteiger partial charge >= 0.3 is 0 Å². The first-order valence-corrected chi connectivity index (χ1v) is 4.68. The number of hydrogen-bond donors (Lipinski definition) is 1. The summed E-state index contributed by atoms with van der Waals surface area (Å²) in [7, 11) is 0. The zero-order valence-electron chi connectivity index (χ0n) is 6.68. The molecule has 0 aliphatic heterocycles. The summed E-state index contributed by atoms with van der Waals surface area (Å²) in [6.45, 7) is 3.45. The normalized spacial score (nSPS) is 9.38. The van der Waals surface area contributed by atoms with Crippen molar-refractivity contribution >= 4 is 39.1 Å². The summed E-state index contributed by atoms with van der Waals surface area (Å²) in [4.78, 5) is 11.1. The van der Waals surface area contributed by atoms with Gasteiger partial charge in [-0.2, -0.15) is 0 Å². The topological polar surface area (TPSA) is 29.1 Å². The second-order valence-electron chi connectivity index (χ2n) is 2.37. The van der Waals surface area contributed by atoms with E-state index in [-0.39, 0.29) is 5.91 Å². The Morgan fingerprint density at radius 3 is 2.38 bits per heavy atom. The van der Waals surface area contributed by atoms with Crippen LogP contribution in [0.25, 0.3) is 0 Å². The van der Waals surface area contributed by atoms with E-state index in [9.17, 15) is 4.79 Å². The second-order valence-corrected chi connectivity index (χ2v) is 3.76. The summed E-state index contributed by atoms with van der Waals surface area (Å²) in [6, 6.07) is 6.84. The summed E-state index contributed by atoms with van der Waals surface area (Å²) in [5.41, 5.74) is 0.690. The highest BCUT2D eigenvalue weighted by Crippen LogP contribution is 2.14. The molecule has 1 rings (SSSR count). The quantitative estimate of drug-likeness (QED) is 0.813. The Labute approximate surface area is 89.7 Å². The van der Waals surface area contributed by atoms with Gasteiger partial charge in [0.25, 0.3) is 5.91 Å². The maximum absolute atomic E-state index is 11.1. The van der Waals surface area contributed by atoms with E-state index >= 15 is 0 Å². The zero-order valence-corrected chi connectivity index (χ0v) is 9.02. The molecule has 13 heavy (non-hydrogen) atoms. The molecule has 0 bridgehead atoms. The van der Waals surface area contributed by atoms with E-state index in [2.05, 4.69) is 27.8 Å². The number of benzene rings is 1. The molecule has 0 aliphatic rings. The molecule has 4 heteroatoms. The third-order valence-corrected chi connectivity index (χ3v) is 1.96. The number of amides is 1. The van der Waals surface area contributed by atoms with Gasteiger partial charge in [0.1, 0.15) is 0 Å². The SMILES string of the molecule is C=C(Br)C(=O)Nc1ccc(Cl)cc1. The van der Waals surface area contributed by atoms with Gasteiger partial charge < -0.3 is 5.32 Å². The maximum atomic E-state index is 11.1. The highest BCUT2D eigenvalue weighted by Gasteiger charge is 2.02. The van der Waals surface area contributed by atoms with Crippen molar-refractivity contribution in [1.82, 2.24) is 0 Å². The lowest BCUT2D eigenvalue weighted by Crippen LogP contribution is -2.10. The molecule has 1 N–H and O–H groups in total. The van der Waals surface area contributed by atoms with Crippen LogP contribution in [0, 0.1) is 0 Å². The zero-order chi connectivity index (χ0) is 9.84. The van der Waals surface area contributed by atoms with Gasteiger partial charge in [-0.25, -0.2) is 0 Å². The van der Waals surface area contributed by atoms with Crippen molar-refractivity contribution < 1.29 is 4.79 Å². The Kier molecular flexibility index (Phi) is 3.51. The highest BCUT2D eigenvalue weighted by atomic mass is 79.9. The molecule has 1 amide bonds. The summed E-state index contributed by atoms with van der Waals surface area (Å²) in [6.07, 6.45) is 0. The first-order valence-electron chi connectivity index (χ1n) is 3.51. The van der Waals surface area contributed by atoms with E-state index < -0.39 is 0 Å². The number of anilines is 1. The molecule has 0 unspecified atom stereocenters. The van der Waals surface area contributed by atoms with Crippen molar-refractivity contribution in [2.45, 2.75) is 0 Å². The lowest BCUT2D eigenvalue weighted by molar-refractivity contribution is -0.112. The Bertz CT molecular complexity index is 334. The van der Waals surface area contributed by atoms with Gasteiger partial charge in [0, 0.05) is 10.7 Å². The molecule has 2 nitrogen and oxygen atoms in total. The average molecular weight is 261 g/mol. The summed E-state index contributed by atoms with van der Waals surface area (Å²) >= 11 is 8.65. The second kappa shape index (κ2) is 4.44. The number of halogens is 2. The molecule has 0 spiro atoms. The van der Waals surface area contributed by atoms with E-state index in [1.54, 1.807) is 24.3 Å². The van der Waals surface area contributed by atoms with Crippen LogP contribution in [0.4, 0.5) is 5.69 Å². The molecule has 0 radical (unpaired) electrons. The maximum Gasteiger partial charge on any atom is 0.262 e. The molecule has 0 atom stereocenters. The molecule has 68 valence electrons.